The molecule has 2 N–H and O–H groups in total. The molecule has 3 aliphatic rings. The van der Waals surface area contributed by atoms with E-state index in [1.165, 1.54) is 51.6 Å². The van der Waals surface area contributed by atoms with Crippen molar-refractivity contribution < 1.29 is 4.79 Å². The van der Waals surface area contributed by atoms with E-state index in [-0.39, 0.29) is 5.91 Å². The molecule has 0 saturated carbocycles. The molecule has 0 spiro atoms. The highest BCUT2D eigenvalue weighted by Crippen LogP contribution is 2.32. The Morgan fingerprint density at radius 2 is 1.84 bits per heavy atom. The first-order chi connectivity index (χ1) is 9.29. The summed E-state index contributed by atoms with van der Waals surface area (Å²) in [6.07, 6.45) is 8.44. The number of rotatable bonds is 5. The number of hydrogen-bond acceptors (Lipinski definition) is 3. The average Bonchev–Trinajstić information content (AvgIpc) is 2.99. The van der Waals surface area contributed by atoms with Crippen LogP contribution in [-0.2, 0) is 4.79 Å². The number of fused-ring (bicyclic) bond motifs is 2. The highest BCUT2D eigenvalue weighted by Gasteiger charge is 2.34. The highest BCUT2D eigenvalue weighted by atomic mass is 16.1. The number of nitrogens with zero attached hydrogens (tertiary/aromatic N) is 1. The minimum Gasteiger partial charge on any atom is -0.355 e. The summed E-state index contributed by atoms with van der Waals surface area (Å²) in [6, 6.07) is 1.39. The van der Waals surface area contributed by atoms with E-state index in [4.69, 9.17) is 0 Å². The zero-order valence-electron chi connectivity index (χ0n) is 11.9. The van der Waals surface area contributed by atoms with E-state index in [9.17, 15) is 4.79 Å². The molecule has 4 heteroatoms. The van der Waals surface area contributed by atoms with Gasteiger partial charge in [0.2, 0.25) is 5.91 Å². The fraction of sp³-hybridized carbons (Fsp3) is 0.933. The molecule has 0 aromatic carbocycles. The lowest BCUT2D eigenvalue weighted by Crippen LogP contribution is -2.40. The first-order valence-electron chi connectivity index (χ1n) is 8.05. The molecule has 3 heterocycles. The summed E-state index contributed by atoms with van der Waals surface area (Å²) in [5, 5.41) is 6.74. The van der Waals surface area contributed by atoms with Crippen LogP contribution in [0, 0.1) is 5.92 Å². The van der Waals surface area contributed by atoms with Crippen molar-refractivity contribution in [2.75, 3.05) is 26.2 Å². The van der Waals surface area contributed by atoms with Gasteiger partial charge in [0.15, 0.2) is 0 Å². The van der Waals surface area contributed by atoms with Gasteiger partial charge in [0, 0.05) is 31.6 Å². The Hall–Kier alpha value is -0.610. The number of piperidine rings is 1. The Kier molecular flexibility index (Phi) is 4.38. The van der Waals surface area contributed by atoms with Crippen molar-refractivity contribution in [2.45, 2.75) is 57.0 Å². The lowest BCUT2D eigenvalue weighted by atomic mass is 9.89. The monoisotopic (exact) mass is 265 g/mol. The van der Waals surface area contributed by atoms with Crippen molar-refractivity contribution in [3.05, 3.63) is 0 Å². The molecule has 1 amide bonds. The molecule has 19 heavy (non-hydrogen) atoms. The van der Waals surface area contributed by atoms with Crippen LogP contribution >= 0.6 is 0 Å². The van der Waals surface area contributed by atoms with E-state index in [0.717, 1.165) is 19.5 Å². The molecule has 2 unspecified atom stereocenters. The SMILES string of the molecule is O=C(CC1CC2CCC(C1)N2)NCCN1CCCC1. The first-order valence-corrected chi connectivity index (χ1v) is 8.05. The second kappa shape index (κ2) is 6.23. The van der Waals surface area contributed by atoms with Gasteiger partial charge in [-0.3, -0.25) is 4.79 Å². The van der Waals surface area contributed by atoms with Gasteiger partial charge in [-0.25, -0.2) is 0 Å². The predicted octanol–water partition coefficient (Wildman–Crippen LogP) is 1.12. The van der Waals surface area contributed by atoms with Gasteiger partial charge < -0.3 is 15.5 Å². The van der Waals surface area contributed by atoms with Crippen LogP contribution < -0.4 is 10.6 Å². The molecule has 3 saturated heterocycles. The maximum atomic E-state index is 12.0. The minimum absolute atomic E-state index is 0.269. The number of nitrogens with one attached hydrogen (secondary N) is 2. The zero-order chi connectivity index (χ0) is 13.1. The Balaban J connectivity index is 1.32. The number of carbonyl (C=O) groups excluding carboxylic acids is 1. The summed E-state index contributed by atoms with van der Waals surface area (Å²) in [5.41, 5.74) is 0. The largest absolute Gasteiger partial charge is 0.355 e. The van der Waals surface area contributed by atoms with Crippen molar-refractivity contribution in [2.24, 2.45) is 5.92 Å². The molecule has 3 fully saturated rings. The van der Waals surface area contributed by atoms with Gasteiger partial charge in [0.05, 0.1) is 0 Å². The van der Waals surface area contributed by atoms with Gasteiger partial charge in [-0.05, 0) is 57.5 Å². The maximum Gasteiger partial charge on any atom is 0.220 e. The molecule has 2 atom stereocenters. The summed E-state index contributed by atoms with van der Waals surface area (Å²) >= 11 is 0. The average molecular weight is 265 g/mol. The van der Waals surface area contributed by atoms with Crippen LogP contribution in [0.15, 0.2) is 0 Å². The lowest BCUT2D eigenvalue weighted by molar-refractivity contribution is -0.122. The van der Waals surface area contributed by atoms with Crippen molar-refractivity contribution >= 4 is 5.91 Å². The van der Waals surface area contributed by atoms with Crippen LogP contribution in [0.25, 0.3) is 0 Å². The van der Waals surface area contributed by atoms with E-state index in [2.05, 4.69) is 15.5 Å². The highest BCUT2D eigenvalue weighted by molar-refractivity contribution is 5.76. The Morgan fingerprint density at radius 1 is 1.16 bits per heavy atom. The van der Waals surface area contributed by atoms with Gasteiger partial charge in [0.25, 0.3) is 0 Å². The third kappa shape index (κ3) is 3.69. The Labute approximate surface area is 116 Å². The molecule has 4 nitrogen and oxygen atoms in total. The molecule has 2 bridgehead atoms. The van der Waals surface area contributed by atoms with Crippen LogP contribution in [0.1, 0.15) is 44.9 Å². The Bertz CT molecular complexity index is 303. The standard InChI is InChI=1S/C15H27N3O/c19-15(16-5-8-18-6-1-2-7-18)11-12-9-13-3-4-14(10-12)17-13/h12-14,17H,1-11H2,(H,16,19). The van der Waals surface area contributed by atoms with Crippen molar-refractivity contribution in [1.82, 2.24) is 15.5 Å². The molecule has 108 valence electrons. The van der Waals surface area contributed by atoms with Gasteiger partial charge in [0.1, 0.15) is 0 Å². The maximum absolute atomic E-state index is 12.0. The minimum atomic E-state index is 0.269. The first kappa shape index (κ1) is 13.4. The lowest BCUT2D eigenvalue weighted by Gasteiger charge is -2.28. The van der Waals surface area contributed by atoms with Crippen molar-refractivity contribution in [3.63, 3.8) is 0 Å². The van der Waals surface area contributed by atoms with E-state index in [1.54, 1.807) is 0 Å². The van der Waals surface area contributed by atoms with Crippen LogP contribution in [0.4, 0.5) is 0 Å². The van der Waals surface area contributed by atoms with Crippen molar-refractivity contribution in [3.8, 4) is 0 Å². The second-order valence-corrected chi connectivity index (χ2v) is 6.58. The predicted molar refractivity (Wildman–Crippen MR) is 76.0 cm³/mol. The number of carbonyl (C=O) groups is 1. The molecular weight excluding hydrogens is 238 g/mol. The summed E-state index contributed by atoms with van der Waals surface area (Å²) in [6.45, 7) is 4.29. The summed E-state index contributed by atoms with van der Waals surface area (Å²) in [7, 11) is 0. The summed E-state index contributed by atoms with van der Waals surface area (Å²) < 4.78 is 0. The van der Waals surface area contributed by atoms with E-state index in [1.807, 2.05) is 0 Å². The van der Waals surface area contributed by atoms with E-state index in [0.29, 0.717) is 18.0 Å². The smallest absolute Gasteiger partial charge is 0.220 e. The number of amides is 1. The molecular formula is C15H27N3O. The number of likely N-dealkylation sites (tertiary alicyclic amines) is 1. The zero-order valence-corrected chi connectivity index (χ0v) is 11.9. The van der Waals surface area contributed by atoms with Crippen LogP contribution in [0.5, 0.6) is 0 Å². The van der Waals surface area contributed by atoms with Gasteiger partial charge in [-0.1, -0.05) is 0 Å². The fourth-order valence-corrected chi connectivity index (χ4v) is 4.04. The number of hydrogen-bond donors (Lipinski definition) is 2. The molecule has 0 aliphatic carbocycles. The molecule has 0 aromatic heterocycles. The summed E-state index contributed by atoms with van der Waals surface area (Å²) in [5.74, 6) is 0.885. The molecule has 3 aliphatic heterocycles. The van der Waals surface area contributed by atoms with Gasteiger partial charge >= 0.3 is 0 Å². The van der Waals surface area contributed by atoms with Gasteiger partial charge in [-0.2, -0.15) is 0 Å². The normalized spacial score (nSPS) is 34.6. The third-order valence-corrected chi connectivity index (χ3v) is 4.99. The molecule has 3 rings (SSSR count). The topological polar surface area (TPSA) is 44.4 Å². The van der Waals surface area contributed by atoms with Crippen LogP contribution in [0.3, 0.4) is 0 Å². The fourth-order valence-electron chi connectivity index (χ4n) is 4.04. The van der Waals surface area contributed by atoms with Crippen LogP contribution in [-0.4, -0.2) is 49.1 Å². The Morgan fingerprint density at radius 3 is 2.53 bits per heavy atom. The molecule has 0 aromatic rings. The second-order valence-electron chi connectivity index (χ2n) is 6.58. The van der Waals surface area contributed by atoms with Crippen LogP contribution in [0.2, 0.25) is 0 Å². The molecule has 0 radical (unpaired) electrons. The van der Waals surface area contributed by atoms with Crippen molar-refractivity contribution in [1.29, 1.82) is 0 Å². The quantitative estimate of drug-likeness (QED) is 0.783. The van der Waals surface area contributed by atoms with E-state index >= 15 is 0 Å². The van der Waals surface area contributed by atoms with E-state index < -0.39 is 0 Å². The van der Waals surface area contributed by atoms with Gasteiger partial charge in [-0.15, -0.1) is 0 Å². The third-order valence-electron chi connectivity index (χ3n) is 4.99. The summed E-state index contributed by atoms with van der Waals surface area (Å²) in [4.78, 5) is 14.4.